The number of piperazine rings is 2. The van der Waals surface area contributed by atoms with Crippen molar-refractivity contribution in [1.82, 2.24) is 19.8 Å². The number of primary amides is 2. The zero-order chi connectivity index (χ0) is 45.6. The molecule has 8 aromatic rings. The van der Waals surface area contributed by atoms with Crippen molar-refractivity contribution in [3.63, 3.8) is 0 Å². The minimum absolute atomic E-state index is 0. The standard InChI is InChI=1S/2C26H27N5O2.2ClH.3H2O/c2*27-16-18-4-6-23-22(13-18)19(17-29-23)3-1-2-8-30-9-11-31(12-10-30)21-5-7-24-20(14-21)15-25(33-24)26(28)32;;;;;/h2*4-7,13-15,17,29H,1-3,8-12H2,(H2,28,32);2*1H;3*1H2. The lowest BCUT2D eigenvalue weighted by molar-refractivity contribution is 0.0968. The van der Waals surface area contributed by atoms with Crippen LogP contribution in [0.2, 0.25) is 0 Å². The third kappa shape index (κ3) is 13.2. The quantitative estimate of drug-likeness (QED) is 0.0866. The van der Waals surface area contributed by atoms with Crippen LogP contribution in [0.1, 0.15) is 69.0 Å². The van der Waals surface area contributed by atoms with E-state index in [1.165, 1.54) is 21.9 Å². The van der Waals surface area contributed by atoms with Crippen LogP contribution in [-0.2, 0) is 12.8 Å². The second-order valence-corrected chi connectivity index (χ2v) is 17.3. The van der Waals surface area contributed by atoms with Gasteiger partial charge in [-0.15, -0.1) is 24.8 Å². The molecule has 0 unspecified atom stereocenters. The van der Waals surface area contributed by atoms with E-state index in [-0.39, 0.29) is 52.8 Å². The van der Waals surface area contributed by atoms with E-state index in [0.717, 1.165) is 137 Å². The van der Waals surface area contributed by atoms with Gasteiger partial charge in [0.05, 0.1) is 23.3 Å². The van der Waals surface area contributed by atoms with Gasteiger partial charge in [-0.05, 0) is 148 Å². The molecule has 0 spiro atoms. The average Bonchev–Trinajstić information content (AvgIpc) is 4.17. The molecular formula is C52H62Cl2N10O7. The van der Waals surface area contributed by atoms with Gasteiger partial charge in [-0.25, -0.2) is 0 Å². The van der Waals surface area contributed by atoms with Crippen molar-refractivity contribution in [3.8, 4) is 12.1 Å². The predicted octanol–water partition coefficient (Wildman–Crippen LogP) is 6.43. The van der Waals surface area contributed by atoms with Gasteiger partial charge in [0, 0.05) is 109 Å². The molecule has 19 heteroatoms. The number of H-pyrrole nitrogens is 2. The predicted molar refractivity (Wildman–Crippen MR) is 284 cm³/mol. The Hall–Kier alpha value is -7.06. The molecule has 4 aromatic heterocycles. The van der Waals surface area contributed by atoms with Gasteiger partial charge in [-0.2, -0.15) is 10.5 Å². The number of nitrogens with zero attached hydrogens (tertiary/aromatic N) is 6. The molecule has 2 aliphatic heterocycles. The third-order valence-electron chi connectivity index (χ3n) is 13.1. The normalized spacial score (nSPS) is 13.7. The Bertz CT molecular complexity index is 2910. The van der Waals surface area contributed by atoms with Crippen LogP contribution in [0.25, 0.3) is 43.7 Å². The number of nitrogens with two attached hydrogens (primary N) is 2. The van der Waals surface area contributed by atoms with Crippen molar-refractivity contribution in [3.05, 3.63) is 131 Å². The van der Waals surface area contributed by atoms with E-state index in [4.69, 9.17) is 30.8 Å². The first-order chi connectivity index (χ1) is 32.2. The Morgan fingerprint density at radius 3 is 1.30 bits per heavy atom. The van der Waals surface area contributed by atoms with Crippen LogP contribution < -0.4 is 21.3 Å². The molecule has 0 bridgehead atoms. The molecular weight excluding hydrogens is 948 g/mol. The van der Waals surface area contributed by atoms with Crippen LogP contribution in [0.3, 0.4) is 0 Å². The van der Waals surface area contributed by atoms with Crippen LogP contribution in [0.4, 0.5) is 11.4 Å². The highest BCUT2D eigenvalue weighted by molar-refractivity contribution is 5.96. The molecule has 2 aliphatic rings. The summed E-state index contributed by atoms with van der Waals surface area (Å²) < 4.78 is 11.0. The Balaban J connectivity index is 0.000000288. The molecule has 2 fully saturated rings. The number of furan rings is 2. The number of benzene rings is 4. The summed E-state index contributed by atoms with van der Waals surface area (Å²) in [4.78, 5) is 39.1. The highest BCUT2D eigenvalue weighted by Crippen LogP contribution is 2.29. The van der Waals surface area contributed by atoms with Crippen LogP contribution in [-0.4, -0.2) is 113 Å². The Labute approximate surface area is 423 Å². The lowest BCUT2D eigenvalue weighted by Crippen LogP contribution is -2.46. The second kappa shape index (κ2) is 25.7. The molecule has 0 atom stereocenters. The Kier molecular flexibility index (Phi) is 20.5. The maximum Gasteiger partial charge on any atom is 0.284 e. The number of hydrogen-bond donors (Lipinski definition) is 4. The molecule has 4 aromatic carbocycles. The van der Waals surface area contributed by atoms with Crippen molar-refractivity contribution in [2.75, 3.05) is 75.2 Å². The fraction of sp³-hybridized carbons (Fsp3) is 0.308. The number of unbranched alkanes of at least 4 members (excludes halogenated alkanes) is 2. The number of fused-ring (bicyclic) bond motifs is 4. The van der Waals surface area contributed by atoms with E-state index in [9.17, 15) is 9.59 Å². The maximum atomic E-state index is 11.4. The fourth-order valence-electron chi connectivity index (χ4n) is 9.37. The van der Waals surface area contributed by atoms with Gasteiger partial charge >= 0.3 is 0 Å². The Morgan fingerprint density at radius 2 is 0.930 bits per heavy atom. The molecule has 0 aliphatic carbocycles. The van der Waals surface area contributed by atoms with Crippen LogP contribution >= 0.6 is 24.8 Å². The lowest BCUT2D eigenvalue weighted by atomic mass is 10.1. The molecule has 376 valence electrons. The number of aryl methyl sites for hydroxylation is 2. The highest BCUT2D eigenvalue weighted by Gasteiger charge is 2.20. The molecule has 17 nitrogen and oxygen atoms in total. The number of nitriles is 2. The van der Waals surface area contributed by atoms with Crippen molar-refractivity contribution in [1.29, 1.82) is 10.5 Å². The van der Waals surface area contributed by atoms with E-state index in [0.29, 0.717) is 22.3 Å². The molecule has 0 radical (unpaired) electrons. The number of carbonyl (C=O) groups is 2. The summed E-state index contributed by atoms with van der Waals surface area (Å²) in [6.45, 7) is 10.3. The Morgan fingerprint density at radius 1 is 0.535 bits per heavy atom. The number of aromatic amines is 2. The number of anilines is 2. The van der Waals surface area contributed by atoms with Gasteiger partial charge in [0.1, 0.15) is 11.2 Å². The summed E-state index contributed by atoms with van der Waals surface area (Å²) in [5.41, 5.74) is 20.5. The number of amides is 2. The van der Waals surface area contributed by atoms with E-state index in [1.807, 2.05) is 60.7 Å². The maximum absolute atomic E-state index is 11.4. The average molecular weight is 1010 g/mol. The minimum atomic E-state index is -0.544. The van der Waals surface area contributed by atoms with Crippen LogP contribution in [0.5, 0.6) is 0 Å². The highest BCUT2D eigenvalue weighted by atomic mass is 35.5. The molecule has 10 rings (SSSR count). The van der Waals surface area contributed by atoms with E-state index in [2.05, 4.69) is 66.2 Å². The largest absolute Gasteiger partial charge is 0.451 e. The van der Waals surface area contributed by atoms with Crippen molar-refractivity contribution in [2.24, 2.45) is 11.5 Å². The first kappa shape index (κ1) is 56.5. The summed E-state index contributed by atoms with van der Waals surface area (Å²) >= 11 is 0. The zero-order valence-electron chi connectivity index (χ0n) is 39.3. The number of aromatic nitrogens is 2. The number of carbonyl (C=O) groups excluding carboxylic acids is 2. The van der Waals surface area contributed by atoms with Gasteiger partial charge < -0.3 is 56.5 Å². The fourth-order valence-corrected chi connectivity index (χ4v) is 9.37. The second-order valence-electron chi connectivity index (χ2n) is 17.3. The number of nitrogens with one attached hydrogen (secondary N) is 2. The van der Waals surface area contributed by atoms with Crippen molar-refractivity contribution in [2.45, 2.75) is 38.5 Å². The summed E-state index contributed by atoms with van der Waals surface area (Å²) in [5, 5.41) is 22.4. The van der Waals surface area contributed by atoms with Crippen molar-refractivity contribution < 1.29 is 34.9 Å². The summed E-state index contributed by atoms with van der Waals surface area (Å²) in [7, 11) is 0. The molecule has 12 N–H and O–H groups in total. The molecule has 2 saturated heterocycles. The topological polar surface area (TPSA) is 299 Å². The molecule has 2 amide bonds. The lowest BCUT2D eigenvalue weighted by Gasteiger charge is -2.36. The van der Waals surface area contributed by atoms with Gasteiger partial charge in [0.2, 0.25) is 0 Å². The number of rotatable bonds is 14. The summed E-state index contributed by atoms with van der Waals surface area (Å²) in [6, 6.07) is 31.6. The first-order valence-corrected chi connectivity index (χ1v) is 22.8. The summed E-state index contributed by atoms with van der Waals surface area (Å²) in [6.07, 6.45) is 10.8. The van der Waals surface area contributed by atoms with E-state index >= 15 is 0 Å². The molecule has 6 heterocycles. The van der Waals surface area contributed by atoms with Crippen LogP contribution in [0, 0.1) is 22.7 Å². The van der Waals surface area contributed by atoms with Gasteiger partial charge in [0.25, 0.3) is 11.8 Å². The minimum Gasteiger partial charge on any atom is -0.451 e. The number of hydrogen-bond acceptors (Lipinski definition) is 10. The van der Waals surface area contributed by atoms with Gasteiger partial charge in [0.15, 0.2) is 11.5 Å². The smallest absolute Gasteiger partial charge is 0.284 e. The van der Waals surface area contributed by atoms with E-state index in [1.54, 1.807) is 12.1 Å². The van der Waals surface area contributed by atoms with Crippen LogP contribution in [0.15, 0.2) is 106 Å². The third-order valence-corrected chi connectivity index (χ3v) is 13.1. The van der Waals surface area contributed by atoms with E-state index < -0.39 is 11.8 Å². The summed E-state index contributed by atoms with van der Waals surface area (Å²) in [5.74, 6) is -0.689. The molecule has 71 heavy (non-hydrogen) atoms. The SMILES string of the molecule is Cl.Cl.N#Cc1ccc2[nH]cc(CCCCN3CCN(c4ccc5oc(C(N)=O)cc5c4)CC3)c2c1.N#Cc1ccc2[nH]cc(CCCCN3CCN(c4ccc5oc(C(N)=O)cc5c4)CC3)c2c1.O.O.O. The zero-order valence-corrected chi connectivity index (χ0v) is 41.0. The van der Waals surface area contributed by atoms with Crippen molar-refractivity contribution >= 4 is 91.7 Å². The molecule has 0 saturated carbocycles. The van der Waals surface area contributed by atoms with Gasteiger partial charge in [-0.1, -0.05) is 0 Å². The van der Waals surface area contributed by atoms with Gasteiger partial charge in [-0.3, -0.25) is 19.4 Å². The first-order valence-electron chi connectivity index (χ1n) is 22.8. The monoisotopic (exact) mass is 1010 g/mol. The number of halogens is 2.